The smallest absolute Gasteiger partial charge is 0.236 e. The SMILES string of the molecule is [B]n1cnc(C)c1C=O. The van der Waals surface area contributed by atoms with E-state index in [1.807, 2.05) is 0 Å². The van der Waals surface area contributed by atoms with Gasteiger partial charge in [0.15, 0.2) is 6.29 Å². The fourth-order valence-electron chi connectivity index (χ4n) is 0.610. The van der Waals surface area contributed by atoms with Crippen LogP contribution in [-0.4, -0.2) is 23.7 Å². The summed E-state index contributed by atoms with van der Waals surface area (Å²) in [6, 6.07) is 0. The standard InChI is InChI=1S/C5H5BN2O/c1-4-5(2-9)8(6)3-7-4/h2-3H,1H3. The van der Waals surface area contributed by atoms with E-state index < -0.39 is 0 Å². The van der Waals surface area contributed by atoms with Crippen molar-refractivity contribution >= 4 is 14.3 Å². The Balaban J connectivity index is 3.22. The summed E-state index contributed by atoms with van der Waals surface area (Å²) in [4.78, 5) is 14.0. The molecule has 0 aliphatic carbocycles. The average molecular weight is 120 g/mol. The molecule has 0 unspecified atom stereocenters. The minimum absolute atomic E-state index is 0.426. The summed E-state index contributed by atoms with van der Waals surface area (Å²) in [5.74, 6) is 0. The second-order valence-corrected chi connectivity index (χ2v) is 1.74. The van der Waals surface area contributed by atoms with E-state index in [0.29, 0.717) is 17.7 Å². The molecule has 0 bridgehead atoms. The van der Waals surface area contributed by atoms with Gasteiger partial charge in [0.05, 0.1) is 17.7 Å². The number of carbonyl (C=O) groups is 1. The maximum absolute atomic E-state index is 10.2. The monoisotopic (exact) mass is 120 g/mol. The quantitative estimate of drug-likeness (QED) is 0.384. The van der Waals surface area contributed by atoms with E-state index in [1.165, 1.54) is 10.8 Å². The first-order chi connectivity index (χ1) is 4.25. The van der Waals surface area contributed by atoms with Crippen LogP contribution in [0, 0.1) is 6.92 Å². The number of aldehydes is 1. The highest BCUT2D eigenvalue weighted by atomic mass is 16.1. The largest absolute Gasteiger partial charge is 0.385 e. The molecule has 3 nitrogen and oxygen atoms in total. The van der Waals surface area contributed by atoms with Crippen molar-refractivity contribution in [3.05, 3.63) is 17.7 Å². The van der Waals surface area contributed by atoms with Gasteiger partial charge in [0.2, 0.25) is 7.98 Å². The molecule has 1 aromatic heterocycles. The molecule has 9 heavy (non-hydrogen) atoms. The molecule has 0 atom stereocenters. The van der Waals surface area contributed by atoms with E-state index in [-0.39, 0.29) is 0 Å². The van der Waals surface area contributed by atoms with Crippen molar-refractivity contribution in [1.29, 1.82) is 0 Å². The van der Waals surface area contributed by atoms with Crippen LogP contribution in [0.2, 0.25) is 0 Å². The van der Waals surface area contributed by atoms with Crippen LogP contribution in [0.1, 0.15) is 16.2 Å². The molecular weight excluding hydrogens is 115 g/mol. The van der Waals surface area contributed by atoms with Gasteiger partial charge in [0, 0.05) is 0 Å². The van der Waals surface area contributed by atoms with Crippen molar-refractivity contribution in [3.63, 3.8) is 0 Å². The molecule has 0 amide bonds. The topological polar surface area (TPSA) is 34.9 Å². The van der Waals surface area contributed by atoms with Crippen molar-refractivity contribution < 1.29 is 4.79 Å². The van der Waals surface area contributed by atoms with Gasteiger partial charge >= 0.3 is 0 Å². The van der Waals surface area contributed by atoms with Crippen molar-refractivity contribution in [2.75, 3.05) is 0 Å². The fourth-order valence-corrected chi connectivity index (χ4v) is 0.610. The molecular formula is C5H5BN2O. The van der Waals surface area contributed by atoms with Gasteiger partial charge < -0.3 is 4.48 Å². The molecule has 1 heterocycles. The lowest BCUT2D eigenvalue weighted by Crippen LogP contribution is -1.95. The summed E-state index contributed by atoms with van der Waals surface area (Å²) in [5.41, 5.74) is 1.09. The molecule has 0 N–H and O–H groups in total. The Hall–Kier alpha value is -1.06. The zero-order chi connectivity index (χ0) is 6.85. The molecule has 0 saturated carbocycles. The van der Waals surface area contributed by atoms with E-state index in [2.05, 4.69) is 4.98 Å². The van der Waals surface area contributed by atoms with E-state index in [1.54, 1.807) is 6.92 Å². The van der Waals surface area contributed by atoms with Gasteiger partial charge in [-0.1, -0.05) is 0 Å². The lowest BCUT2D eigenvalue weighted by molar-refractivity contribution is 0.111. The van der Waals surface area contributed by atoms with Crippen LogP contribution < -0.4 is 0 Å². The van der Waals surface area contributed by atoms with Gasteiger partial charge in [-0.2, -0.15) is 0 Å². The minimum atomic E-state index is 0.426. The maximum Gasteiger partial charge on any atom is 0.236 e. The molecule has 1 aromatic rings. The molecule has 0 aliphatic rings. The van der Waals surface area contributed by atoms with Gasteiger partial charge in [-0.3, -0.25) is 4.79 Å². The van der Waals surface area contributed by atoms with Gasteiger partial charge in [-0.15, -0.1) is 0 Å². The third kappa shape index (κ3) is 0.873. The highest BCUT2D eigenvalue weighted by Gasteiger charge is 1.99. The Morgan fingerprint density at radius 2 is 2.56 bits per heavy atom. The third-order valence-corrected chi connectivity index (χ3v) is 1.14. The summed E-state index contributed by atoms with van der Waals surface area (Å²) in [6.45, 7) is 1.73. The molecule has 1 rings (SSSR count). The fraction of sp³-hybridized carbons (Fsp3) is 0.200. The summed E-state index contributed by atoms with van der Waals surface area (Å²) in [7, 11) is 5.27. The number of aryl methyl sites for hydroxylation is 1. The summed E-state index contributed by atoms with van der Waals surface area (Å²) >= 11 is 0. The Bertz CT molecular complexity index is 211. The highest BCUT2D eigenvalue weighted by Crippen LogP contribution is 1.98. The number of rotatable bonds is 1. The summed E-state index contributed by atoms with van der Waals surface area (Å²) < 4.78 is 1.20. The van der Waals surface area contributed by atoms with Crippen LogP contribution in [0.5, 0.6) is 0 Å². The lowest BCUT2D eigenvalue weighted by atomic mass is 10.3. The average Bonchev–Trinajstić information content (AvgIpc) is 2.12. The Kier molecular flexibility index (Phi) is 1.38. The predicted octanol–water partition coefficient (Wildman–Crippen LogP) is -0.0644. The van der Waals surface area contributed by atoms with Crippen molar-refractivity contribution in [1.82, 2.24) is 9.46 Å². The lowest BCUT2D eigenvalue weighted by Gasteiger charge is -1.90. The number of hydrogen-bond donors (Lipinski definition) is 0. The van der Waals surface area contributed by atoms with Crippen molar-refractivity contribution in [2.45, 2.75) is 6.92 Å². The zero-order valence-electron chi connectivity index (χ0n) is 5.03. The molecule has 0 fully saturated rings. The molecule has 2 radical (unpaired) electrons. The van der Waals surface area contributed by atoms with Crippen LogP contribution >= 0.6 is 0 Å². The Labute approximate surface area is 54.1 Å². The second-order valence-electron chi connectivity index (χ2n) is 1.74. The Morgan fingerprint density at radius 3 is 2.78 bits per heavy atom. The van der Waals surface area contributed by atoms with Gasteiger partial charge in [0.25, 0.3) is 0 Å². The van der Waals surface area contributed by atoms with Gasteiger partial charge in [-0.25, -0.2) is 4.98 Å². The number of aromatic nitrogens is 2. The van der Waals surface area contributed by atoms with Crippen LogP contribution in [0.4, 0.5) is 0 Å². The van der Waals surface area contributed by atoms with Crippen LogP contribution in [-0.2, 0) is 0 Å². The van der Waals surface area contributed by atoms with Crippen molar-refractivity contribution in [3.8, 4) is 0 Å². The number of carbonyl (C=O) groups excluding carboxylic acids is 1. The maximum atomic E-state index is 10.2. The first-order valence-corrected chi connectivity index (χ1v) is 2.50. The summed E-state index contributed by atoms with van der Waals surface area (Å²) in [5, 5.41) is 0. The van der Waals surface area contributed by atoms with Gasteiger partial charge in [0.1, 0.15) is 0 Å². The Morgan fingerprint density at radius 1 is 1.89 bits per heavy atom. The van der Waals surface area contributed by atoms with Crippen molar-refractivity contribution in [2.24, 2.45) is 0 Å². The molecule has 0 spiro atoms. The van der Waals surface area contributed by atoms with Crippen LogP contribution in [0.3, 0.4) is 0 Å². The van der Waals surface area contributed by atoms with E-state index >= 15 is 0 Å². The predicted molar refractivity (Wildman–Crippen MR) is 33.5 cm³/mol. The highest BCUT2D eigenvalue weighted by molar-refractivity contribution is 6.08. The molecule has 0 aromatic carbocycles. The first kappa shape index (κ1) is 6.07. The normalized spacial score (nSPS) is 9.44. The number of imidazole rings is 1. The van der Waals surface area contributed by atoms with Gasteiger partial charge in [-0.05, 0) is 6.92 Å². The van der Waals surface area contributed by atoms with E-state index in [0.717, 1.165) is 0 Å². The third-order valence-electron chi connectivity index (χ3n) is 1.14. The van der Waals surface area contributed by atoms with Crippen LogP contribution in [0.15, 0.2) is 6.33 Å². The molecule has 0 saturated heterocycles. The number of hydrogen-bond acceptors (Lipinski definition) is 2. The molecule has 0 aliphatic heterocycles. The second kappa shape index (κ2) is 2.05. The first-order valence-electron chi connectivity index (χ1n) is 2.50. The molecule has 4 heteroatoms. The van der Waals surface area contributed by atoms with Crippen LogP contribution in [0.25, 0.3) is 0 Å². The molecule has 44 valence electrons. The number of nitrogens with zero attached hydrogens (tertiary/aromatic N) is 2. The zero-order valence-corrected chi connectivity index (χ0v) is 5.03. The van der Waals surface area contributed by atoms with E-state index in [9.17, 15) is 4.79 Å². The minimum Gasteiger partial charge on any atom is -0.385 e. The summed E-state index contributed by atoms with van der Waals surface area (Å²) in [6.07, 6.45) is 2.08. The van der Waals surface area contributed by atoms with E-state index in [4.69, 9.17) is 7.98 Å².